The molecule has 0 aromatic carbocycles. The molecule has 7 heteroatoms. The number of hydrogen-bond donors (Lipinski definition) is 1. The van der Waals surface area contributed by atoms with Crippen LogP contribution in [0.15, 0.2) is 4.79 Å². The number of carbonyl (C=O) groups is 1. The topological polar surface area (TPSA) is 69.3 Å². The van der Waals surface area contributed by atoms with Crippen molar-refractivity contribution >= 4 is 27.5 Å². The van der Waals surface area contributed by atoms with Gasteiger partial charge in [-0.2, -0.15) is 0 Å². The standard InChI is InChI=1S/C17H24N4O2S/c1-10-13-15(22)18-11(2)19-16(13)24-14(10)17(23)21-8-5-6-12(7-9-21)20(3)4/h12H,5-9H2,1-4H3,(H,18,19,22). The number of likely N-dealkylation sites (tertiary alicyclic amines) is 1. The van der Waals surface area contributed by atoms with Gasteiger partial charge in [-0.25, -0.2) is 4.98 Å². The third-order valence-corrected chi connectivity index (χ3v) is 6.00. The maximum absolute atomic E-state index is 13.0. The van der Waals surface area contributed by atoms with Gasteiger partial charge in [0.1, 0.15) is 10.7 Å². The molecule has 1 aliphatic heterocycles. The van der Waals surface area contributed by atoms with E-state index < -0.39 is 0 Å². The molecule has 6 nitrogen and oxygen atoms in total. The molecular weight excluding hydrogens is 324 g/mol. The van der Waals surface area contributed by atoms with E-state index in [9.17, 15) is 9.59 Å². The first-order valence-corrected chi connectivity index (χ1v) is 9.16. The molecule has 0 radical (unpaired) electrons. The van der Waals surface area contributed by atoms with Crippen molar-refractivity contribution in [2.24, 2.45) is 0 Å². The number of fused-ring (bicyclic) bond motifs is 1. The second-order valence-corrected chi connectivity index (χ2v) is 7.73. The van der Waals surface area contributed by atoms with Crippen LogP contribution in [-0.4, -0.2) is 58.9 Å². The molecule has 130 valence electrons. The third kappa shape index (κ3) is 3.10. The quantitative estimate of drug-likeness (QED) is 0.903. The Bertz CT molecular complexity index is 824. The van der Waals surface area contributed by atoms with Crippen molar-refractivity contribution in [1.29, 1.82) is 0 Å². The number of H-pyrrole nitrogens is 1. The van der Waals surface area contributed by atoms with E-state index in [0.29, 0.717) is 27.0 Å². The van der Waals surface area contributed by atoms with Gasteiger partial charge in [-0.05, 0) is 52.8 Å². The van der Waals surface area contributed by atoms with Gasteiger partial charge in [0.2, 0.25) is 0 Å². The number of thiophene rings is 1. The van der Waals surface area contributed by atoms with E-state index >= 15 is 0 Å². The lowest BCUT2D eigenvalue weighted by Crippen LogP contribution is -2.33. The van der Waals surface area contributed by atoms with Crippen LogP contribution in [0.2, 0.25) is 0 Å². The molecular formula is C17H24N4O2S. The summed E-state index contributed by atoms with van der Waals surface area (Å²) in [5.41, 5.74) is 0.594. The SMILES string of the molecule is Cc1nc2sc(C(=O)N3CCCC(N(C)C)CC3)c(C)c2c(=O)[nH]1. The van der Waals surface area contributed by atoms with Gasteiger partial charge in [0.15, 0.2) is 0 Å². The number of nitrogens with zero attached hydrogens (tertiary/aromatic N) is 3. The number of aryl methyl sites for hydroxylation is 2. The Hall–Kier alpha value is -1.73. The third-order valence-electron chi connectivity index (χ3n) is 4.83. The van der Waals surface area contributed by atoms with E-state index in [1.807, 2.05) is 11.8 Å². The molecule has 1 aliphatic rings. The average molecular weight is 348 g/mol. The number of rotatable bonds is 2. The minimum atomic E-state index is -0.158. The minimum absolute atomic E-state index is 0.0342. The molecule has 3 rings (SSSR count). The Morgan fingerprint density at radius 1 is 1.29 bits per heavy atom. The Morgan fingerprint density at radius 3 is 2.75 bits per heavy atom. The van der Waals surface area contributed by atoms with Crippen LogP contribution in [0.5, 0.6) is 0 Å². The van der Waals surface area contributed by atoms with Crippen LogP contribution >= 0.6 is 11.3 Å². The summed E-state index contributed by atoms with van der Waals surface area (Å²) in [6, 6.07) is 0.526. The number of aromatic nitrogens is 2. The molecule has 0 spiro atoms. The fourth-order valence-corrected chi connectivity index (χ4v) is 4.59. The van der Waals surface area contributed by atoms with Gasteiger partial charge in [-0.1, -0.05) is 0 Å². The van der Waals surface area contributed by atoms with Gasteiger partial charge in [-0.15, -0.1) is 11.3 Å². The summed E-state index contributed by atoms with van der Waals surface area (Å²) in [6.07, 6.45) is 3.11. The highest BCUT2D eigenvalue weighted by Crippen LogP contribution is 2.29. The van der Waals surface area contributed by atoms with Crippen molar-refractivity contribution in [2.75, 3.05) is 27.2 Å². The highest BCUT2D eigenvalue weighted by molar-refractivity contribution is 7.20. The van der Waals surface area contributed by atoms with Crippen molar-refractivity contribution < 1.29 is 4.79 Å². The molecule has 1 fully saturated rings. The predicted molar refractivity (Wildman–Crippen MR) is 96.9 cm³/mol. The van der Waals surface area contributed by atoms with Gasteiger partial charge in [-0.3, -0.25) is 9.59 Å². The molecule has 1 atom stereocenters. The van der Waals surface area contributed by atoms with E-state index in [0.717, 1.165) is 37.9 Å². The zero-order valence-corrected chi connectivity index (χ0v) is 15.5. The number of aromatic amines is 1. The summed E-state index contributed by atoms with van der Waals surface area (Å²) in [5.74, 6) is 0.614. The second-order valence-electron chi connectivity index (χ2n) is 6.73. The predicted octanol–water partition coefficient (Wildman–Crippen LogP) is 2.16. The number of nitrogens with one attached hydrogen (secondary N) is 1. The molecule has 1 amide bonds. The molecule has 24 heavy (non-hydrogen) atoms. The summed E-state index contributed by atoms with van der Waals surface area (Å²) < 4.78 is 0. The summed E-state index contributed by atoms with van der Waals surface area (Å²) in [6.45, 7) is 5.14. The van der Waals surface area contributed by atoms with Gasteiger partial charge in [0, 0.05) is 19.1 Å². The van der Waals surface area contributed by atoms with Crippen LogP contribution in [0.4, 0.5) is 0 Å². The van der Waals surface area contributed by atoms with E-state index in [4.69, 9.17) is 0 Å². The van der Waals surface area contributed by atoms with Crippen molar-refractivity contribution in [3.05, 3.63) is 26.6 Å². The van der Waals surface area contributed by atoms with E-state index in [1.54, 1.807) is 6.92 Å². The Kier molecular flexibility index (Phi) is 4.73. The molecule has 3 heterocycles. The number of carbonyl (C=O) groups excluding carboxylic acids is 1. The summed E-state index contributed by atoms with van der Waals surface area (Å²) in [7, 11) is 4.19. The molecule has 1 N–H and O–H groups in total. The Labute approximate surface area is 145 Å². The highest BCUT2D eigenvalue weighted by Gasteiger charge is 2.26. The summed E-state index contributed by atoms with van der Waals surface area (Å²) in [4.78, 5) is 37.8. The lowest BCUT2D eigenvalue weighted by molar-refractivity contribution is 0.0763. The average Bonchev–Trinajstić information content (AvgIpc) is 2.71. The fourth-order valence-electron chi connectivity index (χ4n) is 3.40. The number of hydrogen-bond acceptors (Lipinski definition) is 5. The summed E-state index contributed by atoms with van der Waals surface area (Å²) in [5, 5.41) is 0.551. The normalized spacial score (nSPS) is 19.0. The van der Waals surface area contributed by atoms with Gasteiger partial charge in [0.05, 0.1) is 10.3 Å². The van der Waals surface area contributed by atoms with Crippen LogP contribution in [0.3, 0.4) is 0 Å². The highest BCUT2D eigenvalue weighted by atomic mass is 32.1. The van der Waals surface area contributed by atoms with Gasteiger partial charge < -0.3 is 14.8 Å². The first kappa shape index (κ1) is 17.1. The lowest BCUT2D eigenvalue weighted by Gasteiger charge is -2.23. The maximum Gasteiger partial charge on any atom is 0.264 e. The molecule has 0 bridgehead atoms. The molecule has 0 aliphatic carbocycles. The van der Waals surface area contributed by atoms with Crippen molar-refractivity contribution in [3.8, 4) is 0 Å². The van der Waals surface area contributed by atoms with Crippen molar-refractivity contribution in [1.82, 2.24) is 19.8 Å². The largest absolute Gasteiger partial charge is 0.338 e. The molecule has 0 saturated carbocycles. The summed E-state index contributed by atoms with van der Waals surface area (Å²) >= 11 is 1.34. The van der Waals surface area contributed by atoms with Crippen LogP contribution < -0.4 is 5.56 Å². The van der Waals surface area contributed by atoms with Crippen molar-refractivity contribution in [3.63, 3.8) is 0 Å². The zero-order chi connectivity index (χ0) is 17.4. The van der Waals surface area contributed by atoms with Gasteiger partial charge >= 0.3 is 0 Å². The molecule has 2 aromatic heterocycles. The lowest BCUT2D eigenvalue weighted by atomic mass is 10.1. The molecule has 2 aromatic rings. The van der Waals surface area contributed by atoms with E-state index in [1.165, 1.54) is 11.3 Å². The number of amides is 1. The Balaban J connectivity index is 1.90. The van der Waals surface area contributed by atoms with Gasteiger partial charge in [0.25, 0.3) is 11.5 Å². The van der Waals surface area contributed by atoms with Crippen molar-refractivity contribution in [2.45, 2.75) is 39.2 Å². The second kappa shape index (κ2) is 6.64. The zero-order valence-electron chi connectivity index (χ0n) is 14.7. The Morgan fingerprint density at radius 2 is 2.04 bits per heavy atom. The minimum Gasteiger partial charge on any atom is -0.338 e. The smallest absolute Gasteiger partial charge is 0.264 e. The van der Waals surface area contributed by atoms with Crippen LogP contribution in [0.25, 0.3) is 10.2 Å². The van der Waals surface area contributed by atoms with E-state index in [-0.39, 0.29) is 11.5 Å². The first-order valence-electron chi connectivity index (χ1n) is 8.34. The first-order chi connectivity index (χ1) is 11.4. The van der Waals surface area contributed by atoms with Crippen LogP contribution in [0, 0.1) is 13.8 Å². The fraction of sp³-hybridized carbons (Fsp3) is 0.588. The van der Waals surface area contributed by atoms with Crippen LogP contribution in [0.1, 0.15) is 40.3 Å². The molecule has 1 saturated heterocycles. The van der Waals surface area contributed by atoms with Crippen LogP contribution in [-0.2, 0) is 0 Å². The van der Waals surface area contributed by atoms with E-state index in [2.05, 4.69) is 29.0 Å². The monoisotopic (exact) mass is 348 g/mol. The maximum atomic E-state index is 13.0. The molecule has 1 unspecified atom stereocenters.